The molecule has 9 nitrogen and oxygen atoms in total. The van der Waals surface area contributed by atoms with E-state index in [1.54, 1.807) is 26.0 Å². The summed E-state index contributed by atoms with van der Waals surface area (Å²) in [4.78, 5) is 16.5. The van der Waals surface area contributed by atoms with Crippen molar-refractivity contribution in [3.8, 4) is 5.75 Å². The van der Waals surface area contributed by atoms with Crippen LogP contribution in [0.2, 0.25) is 0 Å². The Morgan fingerprint density at radius 2 is 1.95 bits per heavy atom. The van der Waals surface area contributed by atoms with Crippen molar-refractivity contribution in [1.29, 1.82) is 0 Å². The molecule has 0 bridgehead atoms. The Morgan fingerprint density at radius 1 is 1.15 bits per heavy atom. The Balaban J connectivity index is 1.44. The molecule has 10 heteroatoms. The van der Waals surface area contributed by atoms with Gasteiger partial charge in [0.25, 0.3) is 0 Å². The molecule has 226 valence electrons. The summed E-state index contributed by atoms with van der Waals surface area (Å²) < 4.78 is 22.7. The van der Waals surface area contributed by atoms with Crippen molar-refractivity contribution >= 4 is 23.5 Å². The number of ether oxygens (including phenoxy) is 4. The number of hydrogen-bond acceptors (Lipinski definition) is 8. The van der Waals surface area contributed by atoms with Crippen LogP contribution in [0.1, 0.15) is 36.8 Å². The molecular formula is C31H44N2O7S. The van der Waals surface area contributed by atoms with Gasteiger partial charge in [0.2, 0.25) is 0 Å². The van der Waals surface area contributed by atoms with Crippen molar-refractivity contribution in [3.05, 3.63) is 53.6 Å². The number of amides is 1. The van der Waals surface area contributed by atoms with Crippen LogP contribution in [0.3, 0.4) is 0 Å². The molecule has 2 heterocycles. The van der Waals surface area contributed by atoms with Crippen LogP contribution in [-0.4, -0.2) is 99.4 Å². The number of piperidine rings is 1. The van der Waals surface area contributed by atoms with Gasteiger partial charge < -0.3 is 39.0 Å². The molecule has 2 N–H and O–H groups in total. The Morgan fingerprint density at radius 3 is 2.68 bits per heavy atom. The maximum absolute atomic E-state index is 11.8. The van der Waals surface area contributed by atoms with Crippen LogP contribution in [-0.2, 0) is 20.8 Å². The molecule has 1 unspecified atom stereocenters. The van der Waals surface area contributed by atoms with Crippen LogP contribution in [0, 0.1) is 5.92 Å². The Hall–Kier alpha value is -2.50. The molecule has 2 aliphatic heterocycles. The number of fused-ring (bicyclic) bond motifs is 1. The third kappa shape index (κ3) is 8.75. The predicted octanol–water partition coefficient (Wildman–Crippen LogP) is 4.71. The highest BCUT2D eigenvalue weighted by Gasteiger charge is 2.39. The van der Waals surface area contributed by atoms with Crippen molar-refractivity contribution in [2.45, 2.75) is 49.4 Å². The van der Waals surface area contributed by atoms with E-state index in [0.29, 0.717) is 25.7 Å². The number of benzene rings is 2. The van der Waals surface area contributed by atoms with Gasteiger partial charge in [-0.15, -0.1) is 11.8 Å². The lowest BCUT2D eigenvalue weighted by Crippen LogP contribution is -2.53. The number of rotatable bonds is 14. The lowest BCUT2D eigenvalue weighted by molar-refractivity contribution is -0.0660. The standard InChI is InChI=1S/C31H44N2O7S/c1-22(20-38-3)11-16-41-25-8-6-24(7-9-25)30-27(34)18-33(31(35)36)19-29(30)40-21-23-5-10-28-26(17-23)32(13-15-39-28)12-4-14-37-2/h5-10,17,22,27,29-30,34H,4,11-16,18-21H2,1-3H3,(H,35,36)/t22?,27-,29+,30+/m1/s1. The number of aliphatic hydroxyl groups is 1. The molecule has 0 radical (unpaired) electrons. The minimum atomic E-state index is -1.05. The molecule has 2 aliphatic rings. The average Bonchev–Trinajstić information content (AvgIpc) is 2.96. The van der Waals surface area contributed by atoms with Crippen molar-refractivity contribution in [2.24, 2.45) is 5.92 Å². The summed E-state index contributed by atoms with van der Waals surface area (Å²) in [5.74, 6) is 2.04. The molecule has 2 aromatic carbocycles. The van der Waals surface area contributed by atoms with E-state index >= 15 is 0 Å². The number of anilines is 1. The maximum atomic E-state index is 11.8. The first-order chi connectivity index (χ1) is 19.9. The number of carbonyl (C=O) groups is 1. The second kappa shape index (κ2) is 15.7. The summed E-state index contributed by atoms with van der Waals surface area (Å²) >= 11 is 1.80. The summed E-state index contributed by atoms with van der Waals surface area (Å²) in [5.41, 5.74) is 2.96. The average molecular weight is 589 g/mol. The van der Waals surface area contributed by atoms with E-state index in [1.165, 1.54) is 9.80 Å². The summed E-state index contributed by atoms with van der Waals surface area (Å²) in [5, 5.41) is 20.8. The zero-order chi connectivity index (χ0) is 29.2. The largest absolute Gasteiger partial charge is 0.490 e. The van der Waals surface area contributed by atoms with Gasteiger partial charge in [-0.1, -0.05) is 25.1 Å². The van der Waals surface area contributed by atoms with Gasteiger partial charge in [0.05, 0.1) is 44.1 Å². The summed E-state index contributed by atoms with van der Waals surface area (Å²) in [7, 11) is 3.44. The molecule has 0 aromatic heterocycles. The molecule has 4 rings (SSSR count). The summed E-state index contributed by atoms with van der Waals surface area (Å²) in [6, 6.07) is 14.3. The number of likely N-dealkylation sites (tertiary alicyclic amines) is 1. The Kier molecular flexibility index (Phi) is 12.0. The van der Waals surface area contributed by atoms with Crippen molar-refractivity contribution in [1.82, 2.24) is 4.90 Å². The van der Waals surface area contributed by atoms with Crippen molar-refractivity contribution < 1.29 is 34.0 Å². The zero-order valence-electron chi connectivity index (χ0n) is 24.4. The SMILES string of the molecule is COCCCN1CCOc2ccc(CO[C@H]3CN(C(=O)O)C[C@@H](O)[C@@H]3c3ccc(SCCC(C)COC)cc3)cc21. The fourth-order valence-electron chi connectivity index (χ4n) is 5.52. The van der Waals surface area contributed by atoms with E-state index in [2.05, 4.69) is 30.0 Å². The van der Waals surface area contributed by atoms with Crippen molar-refractivity contribution in [3.63, 3.8) is 0 Å². The minimum absolute atomic E-state index is 0.0559. The van der Waals surface area contributed by atoms with E-state index in [0.717, 1.165) is 60.9 Å². The second-order valence-electron chi connectivity index (χ2n) is 10.9. The highest BCUT2D eigenvalue weighted by Crippen LogP contribution is 2.35. The minimum Gasteiger partial charge on any atom is -0.490 e. The highest BCUT2D eigenvalue weighted by molar-refractivity contribution is 7.99. The summed E-state index contributed by atoms with van der Waals surface area (Å²) in [6.07, 6.45) is -0.418. The molecule has 0 aliphatic carbocycles. The molecule has 2 aromatic rings. The van der Waals surface area contributed by atoms with Crippen LogP contribution in [0.4, 0.5) is 10.5 Å². The lowest BCUT2D eigenvalue weighted by atomic mass is 9.84. The molecule has 4 atom stereocenters. The van der Waals surface area contributed by atoms with Crippen LogP contribution >= 0.6 is 11.8 Å². The number of nitrogens with zero attached hydrogens (tertiary/aromatic N) is 2. The number of β-amino-alcohol motifs (C(OH)–C–C–N with tert-alkyl or cyclic N) is 1. The first kappa shape index (κ1) is 31.4. The number of carboxylic acid groups (broad SMARTS) is 1. The predicted molar refractivity (Wildman–Crippen MR) is 160 cm³/mol. The van der Waals surface area contributed by atoms with Crippen molar-refractivity contribution in [2.75, 3.05) is 70.9 Å². The number of thioether (sulfide) groups is 1. The molecule has 1 fully saturated rings. The lowest BCUT2D eigenvalue weighted by Gasteiger charge is -2.40. The van der Waals surface area contributed by atoms with E-state index in [1.807, 2.05) is 24.3 Å². The van der Waals surface area contributed by atoms with Gasteiger partial charge >= 0.3 is 6.09 Å². The molecule has 1 saturated heterocycles. The Bertz CT molecular complexity index is 1100. The normalized spacial score (nSPS) is 21.3. The van der Waals surface area contributed by atoms with Gasteiger partial charge in [-0.2, -0.15) is 0 Å². The fraction of sp³-hybridized carbons (Fsp3) is 0.581. The Labute approximate surface area is 247 Å². The van der Waals surface area contributed by atoms with Gasteiger partial charge in [-0.25, -0.2) is 4.79 Å². The van der Waals surface area contributed by atoms with E-state index in [4.69, 9.17) is 18.9 Å². The third-order valence-electron chi connectivity index (χ3n) is 7.71. The quantitative estimate of drug-likeness (QED) is 0.240. The fourth-order valence-corrected chi connectivity index (χ4v) is 6.60. The monoisotopic (exact) mass is 588 g/mol. The van der Waals surface area contributed by atoms with Crippen LogP contribution in [0.25, 0.3) is 0 Å². The second-order valence-corrected chi connectivity index (χ2v) is 12.0. The number of methoxy groups -OCH3 is 2. The maximum Gasteiger partial charge on any atom is 0.407 e. The topological polar surface area (TPSA) is 101 Å². The van der Waals surface area contributed by atoms with Gasteiger partial charge in [0.15, 0.2) is 0 Å². The first-order valence-corrected chi connectivity index (χ1v) is 15.4. The van der Waals surface area contributed by atoms with Gasteiger partial charge in [-0.3, -0.25) is 0 Å². The van der Waals surface area contributed by atoms with E-state index in [9.17, 15) is 15.0 Å². The van der Waals surface area contributed by atoms with E-state index in [-0.39, 0.29) is 19.0 Å². The van der Waals surface area contributed by atoms with Gasteiger partial charge in [0.1, 0.15) is 12.4 Å². The third-order valence-corrected chi connectivity index (χ3v) is 8.76. The van der Waals surface area contributed by atoms with Gasteiger partial charge in [-0.05, 0) is 59.9 Å². The first-order valence-electron chi connectivity index (χ1n) is 14.4. The molecular weight excluding hydrogens is 544 g/mol. The highest BCUT2D eigenvalue weighted by atomic mass is 32.2. The summed E-state index contributed by atoms with van der Waals surface area (Å²) in [6.45, 7) is 6.54. The number of aliphatic hydroxyl groups excluding tert-OH is 1. The molecule has 41 heavy (non-hydrogen) atoms. The molecule has 1 amide bonds. The molecule has 0 saturated carbocycles. The molecule has 0 spiro atoms. The van der Waals surface area contributed by atoms with Crippen LogP contribution < -0.4 is 9.64 Å². The van der Waals surface area contributed by atoms with Gasteiger partial charge in [0, 0.05) is 44.8 Å². The van der Waals surface area contributed by atoms with E-state index < -0.39 is 18.3 Å². The zero-order valence-corrected chi connectivity index (χ0v) is 25.2. The number of hydrogen-bond donors (Lipinski definition) is 2. The van der Waals surface area contributed by atoms with Crippen LogP contribution in [0.15, 0.2) is 47.4 Å². The van der Waals surface area contributed by atoms with Crippen LogP contribution in [0.5, 0.6) is 5.75 Å². The smallest absolute Gasteiger partial charge is 0.407 e.